The number of halogens is 2. The number of hydrogen-bond donors (Lipinski definition) is 1. The normalized spacial score (nSPS) is 10.5. The topological polar surface area (TPSA) is 42.0 Å². The molecule has 116 valence electrons. The lowest BCUT2D eigenvalue weighted by molar-refractivity contribution is 0.0947. The van der Waals surface area contributed by atoms with E-state index in [4.69, 9.17) is 11.6 Å². The van der Waals surface area contributed by atoms with Crippen LogP contribution in [0.5, 0.6) is 0 Å². The van der Waals surface area contributed by atoms with E-state index in [2.05, 4.69) is 10.3 Å². The van der Waals surface area contributed by atoms with Crippen LogP contribution in [-0.4, -0.2) is 10.9 Å². The Balaban J connectivity index is 1.81. The molecule has 0 saturated carbocycles. The summed E-state index contributed by atoms with van der Waals surface area (Å²) in [7, 11) is 0. The second kappa shape index (κ2) is 6.89. The van der Waals surface area contributed by atoms with Crippen molar-refractivity contribution < 1.29 is 9.18 Å². The van der Waals surface area contributed by atoms with Crippen LogP contribution in [0.1, 0.15) is 15.9 Å². The highest BCUT2D eigenvalue weighted by Crippen LogP contribution is 2.25. The molecule has 1 aromatic heterocycles. The fourth-order valence-corrected chi connectivity index (χ4v) is 3.17. The zero-order valence-corrected chi connectivity index (χ0v) is 13.5. The first-order valence-electron chi connectivity index (χ1n) is 6.87. The van der Waals surface area contributed by atoms with Gasteiger partial charge in [0.25, 0.3) is 5.91 Å². The number of thiazole rings is 1. The lowest BCUT2D eigenvalue weighted by atomic mass is 10.1. The van der Waals surface area contributed by atoms with Crippen LogP contribution >= 0.6 is 22.9 Å². The Morgan fingerprint density at radius 3 is 2.78 bits per heavy atom. The van der Waals surface area contributed by atoms with Gasteiger partial charge in [0.05, 0.1) is 10.6 Å². The van der Waals surface area contributed by atoms with Crippen LogP contribution in [0.15, 0.2) is 54.0 Å². The largest absolute Gasteiger partial charge is 0.348 e. The van der Waals surface area contributed by atoms with E-state index in [1.165, 1.54) is 29.5 Å². The van der Waals surface area contributed by atoms with Crippen LogP contribution in [-0.2, 0) is 6.54 Å². The first-order chi connectivity index (χ1) is 11.2. The van der Waals surface area contributed by atoms with Crippen molar-refractivity contribution >= 4 is 28.8 Å². The molecule has 1 amide bonds. The highest BCUT2D eigenvalue weighted by Gasteiger charge is 2.16. The predicted octanol–water partition coefficient (Wildman–Crippen LogP) is 4.53. The van der Waals surface area contributed by atoms with Gasteiger partial charge in [0.2, 0.25) is 0 Å². The Hall–Kier alpha value is -2.24. The molecule has 0 aliphatic heterocycles. The molecule has 0 fully saturated rings. The maximum atomic E-state index is 13.8. The highest BCUT2D eigenvalue weighted by molar-refractivity contribution is 7.13. The van der Waals surface area contributed by atoms with Crippen LogP contribution < -0.4 is 5.32 Å². The summed E-state index contributed by atoms with van der Waals surface area (Å²) in [6, 6.07) is 11.8. The molecule has 0 aliphatic rings. The molecule has 0 radical (unpaired) electrons. The first-order valence-corrected chi connectivity index (χ1v) is 8.12. The summed E-state index contributed by atoms with van der Waals surface area (Å²) in [5.74, 6) is -1.18. The summed E-state index contributed by atoms with van der Waals surface area (Å²) in [6.45, 7) is 0.263. The van der Waals surface area contributed by atoms with Crippen molar-refractivity contribution in [2.75, 3.05) is 0 Å². The van der Waals surface area contributed by atoms with Gasteiger partial charge in [0.1, 0.15) is 10.8 Å². The van der Waals surface area contributed by atoms with E-state index in [0.29, 0.717) is 0 Å². The van der Waals surface area contributed by atoms with Crippen molar-refractivity contribution in [2.24, 2.45) is 0 Å². The molecule has 6 heteroatoms. The summed E-state index contributed by atoms with van der Waals surface area (Å²) < 4.78 is 13.8. The van der Waals surface area contributed by atoms with Gasteiger partial charge in [0, 0.05) is 23.7 Å². The summed E-state index contributed by atoms with van der Waals surface area (Å²) in [6.07, 6.45) is 1.73. The average molecular weight is 347 g/mol. The zero-order valence-electron chi connectivity index (χ0n) is 11.9. The van der Waals surface area contributed by atoms with Gasteiger partial charge in [-0.1, -0.05) is 41.9 Å². The van der Waals surface area contributed by atoms with Crippen molar-refractivity contribution in [3.8, 4) is 10.6 Å². The van der Waals surface area contributed by atoms with Gasteiger partial charge in [0.15, 0.2) is 0 Å². The van der Waals surface area contributed by atoms with E-state index in [9.17, 15) is 9.18 Å². The van der Waals surface area contributed by atoms with Crippen LogP contribution in [0, 0.1) is 5.82 Å². The number of benzene rings is 2. The standard InChI is InChI=1S/C17H12ClFN2OS/c18-13-6-3-7-14(19)15(13)16(22)21-10-11-4-1-2-5-12(11)17-20-8-9-23-17/h1-9H,10H2,(H,21,22). The molecule has 0 atom stereocenters. The van der Waals surface area contributed by atoms with Crippen LogP contribution in [0.25, 0.3) is 10.6 Å². The minimum atomic E-state index is -0.636. The third-order valence-corrected chi connectivity index (χ3v) is 4.43. The molecule has 23 heavy (non-hydrogen) atoms. The number of nitrogens with zero attached hydrogens (tertiary/aromatic N) is 1. The Morgan fingerprint density at radius 2 is 2.04 bits per heavy atom. The van der Waals surface area contributed by atoms with Gasteiger partial charge in [-0.2, -0.15) is 0 Å². The third-order valence-electron chi connectivity index (χ3n) is 3.31. The first kappa shape index (κ1) is 15.6. The van der Waals surface area contributed by atoms with Crippen LogP contribution in [0.3, 0.4) is 0 Å². The minimum absolute atomic E-state index is 0.0932. The van der Waals surface area contributed by atoms with Gasteiger partial charge in [-0.05, 0) is 17.7 Å². The Bertz CT molecular complexity index is 816. The Morgan fingerprint density at radius 1 is 1.22 bits per heavy atom. The maximum Gasteiger partial charge on any atom is 0.256 e. The van der Waals surface area contributed by atoms with E-state index in [-0.39, 0.29) is 17.1 Å². The third kappa shape index (κ3) is 3.41. The summed E-state index contributed by atoms with van der Waals surface area (Å²) >= 11 is 7.43. The highest BCUT2D eigenvalue weighted by atomic mass is 35.5. The number of rotatable bonds is 4. The predicted molar refractivity (Wildman–Crippen MR) is 90.1 cm³/mol. The van der Waals surface area contributed by atoms with Gasteiger partial charge in [-0.3, -0.25) is 4.79 Å². The van der Waals surface area contributed by atoms with Crippen molar-refractivity contribution in [3.63, 3.8) is 0 Å². The molecule has 1 heterocycles. The average Bonchev–Trinajstić information content (AvgIpc) is 3.07. The SMILES string of the molecule is O=C(NCc1ccccc1-c1nccs1)c1c(F)cccc1Cl. The lowest BCUT2D eigenvalue weighted by Crippen LogP contribution is -2.24. The van der Waals surface area contributed by atoms with E-state index in [1.54, 1.807) is 6.20 Å². The number of hydrogen-bond acceptors (Lipinski definition) is 3. The second-order valence-electron chi connectivity index (χ2n) is 4.77. The molecule has 0 aliphatic carbocycles. The number of nitrogens with one attached hydrogen (secondary N) is 1. The number of aromatic nitrogens is 1. The molecule has 1 N–H and O–H groups in total. The molecule has 3 rings (SSSR count). The molecule has 0 saturated heterocycles. The molecule has 0 unspecified atom stereocenters. The van der Waals surface area contributed by atoms with Crippen LogP contribution in [0.4, 0.5) is 4.39 Å². The van der Waals surface area contributed by atoms with Crippen molar-refractivity contribution in [1.29, 1.82) is 0 Å². The molecule has 3 nitrogen and oxygen atoms in total. The second-order valence-corrected chi connectivity index (χ2v) is 6.08. The van der Waals surface area contributed by atoms with Gasteiger partial charge < -0.3 is 5.32 Å². The quantitative estimate of drug-likeness (QED) is 0.754. The molecular weight excluding hydrogens is 335 g/mol. The Labute approximate surface area is 141 Å². The maximum absolute atomic E-state index is 13.8. The van der Waals surface area contributed by atoms with E-state index >= 15 is 0 Å². The van der Waals surface area contributed by atoms with Crippen molar-refractivity contribution in [2.45, 2.75) is 6.54 Å². The smallest absolute Gasteiger partial charge is 0.256 e. The molecule has 3 aromatic rings. The molecular formula is C17H12ClFN2OS. The lowest BCUT2D eigenvalue weighted by Gasteiger charge is -2.10. The summed E-state index contributed by atoms with van der Waals surface area (Å²) in [4.78, 5) is 16.5. The van der Waals surface area contributed by atoms with Crippen molar-refractivity contribution in [3.05, 3.63) is 76.0 Å². The molecule has 0 spiro atoms. The number of amides is 1. The van der Waals surface area contributed by atoms with Gasteiger partial charge in [-0.15, -0.1) is 11.3 Å². The zero-order chi connectivity index (χ0) is 16.2. The number of carbonyl (C=O) groups is 1. The van der Waals surface area contributed by atoms with Crippen molar-refractivity contribution in [1.82, 2.24) is 10.3 Å². The van der Waals surface area contributed by atoms with E-state index in [1.807, 2.05) is 29.6 Å². The molecule has 2 aromatic carbocycles. The Kier molecular flexibility index (Phi) is 4.69. The summed E-state index contributed by atoms with van der Waals surface area (Å²) in [5.41, 5.74) is 1.71. The van der Waals surface area contributed by atoms with Gasteiger partial charge in [-0.25, -0.2) is 9.37 Å². The summed E-state index contributed by atoms with van der Waals surface area (Å²) in [5, 5.41) is 5.57. The van der Waals surface area contributed by atoms with E-state index < -0.39 is 11.7 Å². The number of carbonyl (C=O) groups excluding carboxylic acids is 1. The minimum Gasteiger partial charge on any atom is -0.348 e. The van der Waals surface area contributed by atoms with Crippen LogP contribution in [0.2, 0.25) is 5.02 Å². The monoisotopic (exact) mass is 346 g/mol. The van der Waals surface area contributed by atoms with Gasteiger partial charge >= 0.3 is 0 Å². The molecule has 0 bridgehead atoms. The fraction of sp³-hybridized carbons (Fsp3) is 0.0588. The fourth-order valence-electron chi connectivity index (χ4n) is 2.22. The van der Waals surface area contributed by atoms with E-state index in [0.717, 1.165) is 16.1 Å².